The fourth-order valence-electron chi connectivity index (χ4n) is 8.45. The predicted octanol–water partition coefficient (Wildman–Crippen LogP) is 18.0. The first-order valence-electron chi connectivity index (χ1n) is 27.5. The molecule has 0 spiro atoms. The summed E-state index contributed by atoms with van der Waals surface area (Å²) in [5.74, 6) is -0.837. The molecule has 362 valence electrons. The van der Waals surface area contributed by atoms with Crippen molar-refractivity contribution in [1.82, 2.24) is 0 Å². The van der Waals surface area contributed by atoms with Gasteiger partial charge in [0.25, 0.3) is 0 Å². The molecular formula is C55H106O6. The minimum absolute atomic E-state index is 0.0614. The van der Waals surface area contributed by atoms with E-state index in [1.165, 1.54) is 218 Å². The average molecular weight is 863 g/mol. The maximum Gasteiger partial charge on any atom is 0.306 e. The number of carbonyl (C=O) groups is 3. The molecule has 0 bridgehead atoms. The fourth-order valence-corrected chi connectivity index (χ4v) is 8.45. The van der Waals surface area contributed by atoms with E-state index in [1.807, 2.05) is 0 Å². The van der Waals surface area contributed by atoms with E-state index >= 15 is 0 Å². The second kappa shape index (κ2) is 51.0. The molecule has 0 rings (SSSR count). The van der Waals surface area contributed by atoms with Crippen molar-refractivity contribution in [2.24, 2.45) is 0 Å². The summed E-state index contributed by atoms with van der Waals surface area (Å²) in [4.78, 5) is 38.0. The van der Waals surface area contributed by atoms with E-state index in [4.69, 9.17) is 14.2 Å². The van der Waals surface area contributed by atoms with E-state index in [9.17, 15) is 14.4 Å². The van der Waals surface area contributed by atoms with Crippen molar-refractivity contribution in [3.8, 4) is 0 Å². The van der Waals surface area contributed by atoms with Crippen LogP contribution in [0.4, 0.5) is 0 Å². The Morgan fingerprint density at radius 1 is 0.262 bits per heavy atom. The molecule has 1 atom stereocenters. The number of esters is 3. The summed E-state index contributed by atoms with van der Waals surface area (Å²) >= 11 is 0. The smallest absolute Gasteiger partial charge is 0.306 e. The molecule has 0 aromatic rings. The molecule has 0 fully saturated rings. The molecule has 0 heterocycles. The van der Waals surface area contributed by atoms with E-state index in [1.54, 1.807) is 0 Å². The van der Waals surface area contributed by atoms with Crippen LogP contribution in [0.5, 0.6) is 0 Å². The first-order valence-corrected chi connectivity index (χ1v) is 27.5. The lowest BCUT2D eigenvalue weighted by Gasteiger charge is -2.18. The van der Waals surface area contributed by atoms with Gasteiger partial charge in [0.05, 0.1) is 0 Å². The zero-order chi connectivity index (χ0) is 44.4. The molecule has 0 aliphatic rings. The third-order valence-corrected chi connectivity index (χ3v) is 12.6. The van der Waals surface area contributed by atoms with Gasteiger partial charge in [0, 0.05) is 19.3 Å². The molecular weight excluding hydrogens is 757 g/mol. The van der Waals surface area contributed by atoms with Gasteiger partial charge in [-0.2, -0.15) is 0 Å². The molecule has 6 nitrogen and oxygen atoms in total. The SMILES string of the molecule is CCCCCCCCCCCCCCCCCCC(=O)OCC(COC(=O)CCCCCCCCCCCCC)OC(=O)CCCCCCCCCCCCCCCCCC. The van der Waals surface area contributed by atoms with Crippen LogP contribution in [-0.2, 0) is 28.6 Å². The normalized spacial score (nSPS) is 11.9. The van der Waals surface area contributed by atoms with Crippen LogP contribution in [0.1, 0.15) is 316 Å². The maximum atomic E-state index is 12.8. The fraction of sp³-hybridized carbons (Fsp3) is 0.945. The molecule has 0 N–H and O–H groups in total. The molecule has 0 amide bonds. The van der Waals surface area contributed by atoms with Gasteiger partial charge in [0.15, 0.2) is 6.10 Å². The second-order valence-electron chi connectivity index (χ2n) is 18.9. The Hall–Kier alpha value is -1.59. The van der Waals surface area contributed by atoms with Crippen LogP contribution in [0, 0.1) is 0 Å². The number of unbranched alkanes of at least 4 members (excludes halogenated alkanes) is 40. The van der Waals surface area contributed by atoms with Crippen LogP contribution in [0.3, 0.4) is 0 Å². The van der Waals surface area contributed by atoms with Crippen molar-refractivity contribution < 1.29 is 28.6 Å². The van der Waals surface area contributed by atoms with E-state index in [2.05, 4.69) is 20.8 Å². The second-order valence-corrected chi connectivity index (χ2v) is 18.9. The number of hydrogen-bond donors (Lipinski definition) is 0. The zero-order valence-corrected chi connectivity index (χ0v) is 41.5. The average Bonchev–Trinajstić information content (AvgIpc) is 3.26. The van der Waals surface area contributed by atoms with Crippen molar-refractivity contribution in [2.75, 3.05) is 13.2 Å². The number of hydrogen-bond acceptors (Lipinski definition) is 6. The molecule has 0 saturated heterocycles. The van der Waals surface area contributed by atoms with Crippen LogP contribution in [0.2, 0.25) is 0 Å². The van der Waals surface area contributed by atoms with Gasteiger partial charge in [-0.25, -0.2) is 0 Å². The molecule has 6 heteroatoms. The Morgan fingerprint density at radius 3 is 0.656 bits per heavy atom. The van der Waals surface area contributed by atoms with Gasteiger partial charge in [-0.05, 0) is 19.3 Å². The Kier molecular flexibility index (Phi) is 49.7. The third kappa shape index (κ3) is 49.3. The Morgan fingerprint density at radius 2 is 0.443 bits per heavy atom. The zero-order valence-electron chi connectivity index (χ0n) is 41.5. The molecule has 1 unspecified atom stereocenters. The minimum atomic E-state index is -0.760. The maximum absolute atomic E-state index is 12.8. The van der Waals surface area contributed by atoms with Crippen LogP contribution in [0.25, 0.3) is 0 Å². The van der Waals surface area contributed by atoms with Gasteiger partial charge in [0.2, 0.25) is 0 Å². The molecule has 0 radical (unpaired) electrons. The lowest BCUT2D eigenvalue weighted by Crippen LogP contribution is -2.30. The lowest BCUT2D eigenvalue weighted by atomic mass is 10.0. The van der Waals surface area contributed by atoms with Gasteiger partial charge < -0.3 is 14.2 Å². The Balaban J connectivity index is 4.27. The van der Waals surface area contributed by atoms with Gasteiger partial charge in [-0.15, -0.1) is 0 Å². The summed E-state index contributed by atoms with van der Waals surface area (Å²) in [7, 11) is 0. The summed E-state index contributed by atoms with van der Waals surface area (Å²) in [6, 6.07) is 0. The highest BCUT2D eigenvalue weighted by Gasteiger charge is 2.19. The summed E-state index contributed by atoms with van der Waals surface area (Å²) < 4.78 is 16.8. The summed E-state index contributed by atoms with van der Waals surface area (Å²) in [5, 5.41) is 0. The molecule has 61 heavy (non-hydrogen) atoms. The number of rotatable bonds is 51. The highest BCUT2D eigenvalue weighted by molar-refractivity contribution is 5.71. The van der Waals surface area contributed by atoms with Crippen molar-refractivity contribution in [3.05, 3.63) is 0 Å². The lowest BCUT2D eigenvalue weighted by molar-refractivity contribution is -0.167. The van der Waals surface area contributed by atoms with E-state index < -0.39 is 6.10 Å². The van der Waals surface area contributed by atoms with Crippen LogP contribution in [0.15, 0.2) is 0 Å². The quantitative estimate of drug-likeness (QED) is 0.0344. The summed E-state index contributed by atoms with van der Waals surface area (Å²) in [6.45, 7) is 6.69. The largest absolute Gasteiger partial charge is 0.462 e. The topological polar surface area (TPSA) is 78.9 Å². The van der Waals surface area contributed by atoms with Crippen LogP contribution >= 0.6 is 0 Å². The summed E-state index contributed by atoms with van der Waals surface area (Å²) in [6.07, 6.45) is 55.1. The van der Waals surface area contributed by atoms with E-state index in [0.717, 1.165) is 57.8 Å². The minimum Gasteiger partial charge on any atom is -0.462 e. The highest BCUT2D eigenvalue weighted by Crippen LogP contribution is 2.17. The molecule has 0 aromatic heterocycles. The highest BCUT2D eigenvalue weighted by atomic mass is 16.6. The van der Waals surface area contributed by atoms with Crippen molar-refractivity contribution >= 4 is 17.9 Å². The first kappa shape index (κ1) is 59.4. The molecule has 0 aliphatic heterocycles. The molecule has 0 aromatic carbocycles. The number of ether oxygens (including phenoxy) is 3. The monoisotopic (exact) mass is 863 g/mol. The Bertz CT molecular complexity index is 905. The van der Waals surface area contributed by atoms with Crippen LogP contribution < -0.4 is 0 Å². The van der Waals surface area contributed by atoms with Crippen molar-refractivity contribution in [2.45, 2.75) is 322 Å². The van der Waals surface area contributed by atoms with Crippen LogP contribution in [-0.4, -0.2) is 37.2 Å². The van der Waals surface area contributed by atoms with Crippen molar-refractivity contribution in [3.63, 3.8) is 0 Å². The molecule has 0 aliphatic carbocycles. The van der Waals surface area contributed by atoms with Gasteiger partial charge in [-0.3, -0.25) is 14.4 Å². The van der Waals surface area contributed by atoms with Gasteiger partial charge in [-0.1, -0.05) is 278 Å². The number of carbonyl (C=O) groups excluding carboxylic acids is 3. The standard InChI is InChI=1S/C55H106O6/c1-4-7-10-13-16-19-22-24-26-28-30-33-36-39-42-45-48-54(57)60-51-52(50-59-53(56)47-44-41-38-35-32-21-18-15-12-9-6-3)61-55(58)49-46-43-40-37-34-31-29-27-25-23-20-17-14-11-8-5-2/h52H,4-51H2,1-3H3. The van der Waals surface area contributed by atoms with E-state index in [-0.39, 0.29) is 31.1 Å². The Labute approximate surface area is 380 Å². The predicted molar refractivity (Wildman–Crippen MR) is 261 cm³/mol. The molecule has 0 saturated carbocycles. The third-order valence-electron chi connectivity index (χ3n) is 12.6. The summed E-state index contributed by atoms with van der Waals surface area (Å²) in [5.41, 5.74) is 0. The van der Waals surface area contributed by atoms with Gasteiger partial charge >= 0.3 is 17.9 Å². The van der Waals surface area contributed by atoms with E-state index in [0.29, 0.717) is 19.3 Å². The first-order chi connectivity index (χ1) is 30.0. The van der Waals surface area contributed by atoms with Gasteiger partial charge in [0.1, 0.15) is 13.2 Å². The van der Waals surface area contributed by atoms with Crippen molar-refractivity contribution in [1.29, 1.82) is 0 Å².